The Hall–Kier alpha value is -2.34. The predicted octanol–water partition coefficient (Wildman–Crippen LogP) is 2.55. The number of hydrogen-bond donors (Lipinski definition) is 1. The van der Waals surface area contributed by atoms with Gasteiger partial charge in [-0.15, -0.1) is 0 Å². The molecule has 0 aliphatic carbocycles. The molecule has 1 N–H and O–H groups in total. The molecular formula is C20H26N2O4. The van der Waals surface area contributed by atoms with Crippen LogP contribution in [0.2, 0.25) is 0 Å². The summed E-state index contributed by atoms with van der Waals surface area (Å²) in [5.74, 6) is 0.363. The van der Waals surface area contributed by atoms with Gasteiger partial charge in [0.05, 0.1) is 0 Å². The van der Waals surface area contributed by atoms with E-state index >= 15 is 0 Å². The molecule has 3 rings (SSSR count). The van der Waals surface area contributed by atoms with Gasteiger partial charge in [-0.3, -0.25) is 4.79 Å². The van der Waals surface area contributed by atoms with Gasteiger partial charge < -0.3 is 19.4 Å². The van der Waals surface area contributed by atoms with Crippen molar-refractivity contribution in [1.29, 1.82) is 0 Å². The minimum absolute atomic E-state index is 0.0493. The largest absolute Gasteiger partial charge is 0.484 e. The molecule has 0 bridgehead atoms. The number of hydrogen-bond acceptors (Lipinski definition) is 5. The summed E-state index contributed by atoms with van der Waals surface area (Å²) in [5, 5.41) is 3.71. The molecule has 0 saturated carbocycles. The number of likely N-dealkylation sites (tertiary alicyclic amines) is 1. The van der Waals surface area contributed by atoms with Crippen molar-refractivity contribution in [2.24, 2.45) is 0 Å². The van der Waals surface area contributed by atoms with Gasteiger partial charge in [0.15, 0.2) is 6.61 Å². The number of carbonyl (C=O) groups excluding carboxylic acids is 1. The highest BCUT2D eigenvalue weighted by atomic mass is 16.5. The van der Waals surface area contributed by atoms with Gasteiger partial charge in [0.2, 0.25) is 0 Å². The van der Waals surface area contributed by atoms with Gasteiger partial charge in [0.25, 0.3) is 5.91 Å². The fourth-order valence-corrected chi connectivity index (χ4v) is 3.22. The maximum atomic E-state index is 11.9. The number of ether oxygens (including phenoxy) is 1. The topological polar surface area (TPSA) is 71.8 Å². The average Bonchev–Trinajstić information content (AvgIpc) is 2.92. The number of carbonyl (C=O) groups is 1. The van der Waals surface area contributed by atoms with Gasteiger partial charge in [0, 0.05) is 24.1 Å². The number of amides is 1. The first-order chi connectivity index (χ1) is 12.7. The van der Waals surface area contributed by atoms with Crippen LogP contribution in [-0.4, -0.2) is 43.6 Å². The second-order valence-corrected chi connectivity index (χ2v) is 6.70. The second kappa shape index (κ2) is 9.38. The summed E-state index contributed by atoms with van der Waals surface area (Å²) in [6.07, 6.45) is 6.19. The van der Waals surface area contributed by atoms with Crippen molar-refractivity contribution in [3.8, 4) is 5.75 Å². The normalized spacial score (nSPS) is 15.5. The third kappa shape index (κ3) is 5.59. The Kier molecular flexibility index (Phi) is 6.66. The van der Waals surface area contributed by atoms with Crippen LogP contribution in [0.4, 0.5) is 0 Å². The fourth-order valence-electron chi connectivity index (χ4n) is 3.22. The molecule has 6 heteroatoms. The van der Waals surface area contributed by atoms with Crippen LogP contribution < -0.4 is 15.7 Å². The van der Waals surface area contributed by atoms with Crippen molar-refractivity contribution in [2.45, 2.75) is 32.1 Å². The third-order valence-electron chi connectivity index (χ3n) is 4.64. The first-order valence-electron chi connectivity index (χ1n) is 9.36. The van der Waals surface area contributed by atoms with Crippen molar-refractivity contribution in [3.05, 3.63) is 40.8 Å². The van der Waals surface area contributed by atoms with E-state index < -0.39 is 5.63 Å². The molecule has 0 atom stereocenters. The molecule has 1 aliphatic heterocycles. The van der Waals surface area contributed by atoms with E-state index in [1.165, 1.54) is 44.8 Å². The van der Waals surface area contributed by atoms with Crippen LogP contribution in [0.1, 0.15) is 32.1 Å². The van der Waals surface area contributed by atoms with Crippen molar-refractivity contribution in [2.75, 3.05) is 32.8 Å². The van der Waals surface area contributed by atoms with E-state index in [-0.39, 0.29) is 12.5 Å². The summed E-state index contributed by atoms with van der Waals surface area (Å²) < 4.78 is 10.6. The summed E-state index contributed by atoms with van der Waals surface area (Å²) in [4.78, 5) is 25.7. The Balaban J connectivity index is 1.37. The second-order valence-electron chi connectivity index (χ2n) is 6.70. The summed E-state index contributed by atoms with van der Waals surface area (Å²) in [7, 11) is 0. The van der Waals surface area contributed by atoms with Crippen LogP contribution in [0.5, 0.6) is 5.75 Å². The number of rotatable bonds is 7. The molecule has 0 spiro atoms. The molecule has 0 unspecified atom stereocenters. The van der Waals surface area contributed by atoms with E-state index in [1.807, 2.05) is 0 Å². The van der Waals surface area contributed by atoms with Crippen LogP contribution in [0.15, 0.2) is 39.5 Å². The lowest BCUT2D eigenvalue weighted by molar-refractivity contribution is -0.123. The molecule has 26 heavy (non-hydrogen) atoms. The molecular weight excluding hydrogens is 332 g/mol. The van der Waals surface area contributed by atoms with E-state index in [1.54, 1.807) is 24.3 Å². The molecule has 2 heterocycles. The summed E-state index contributed by atoms with van der Waals surface area (Å²) in [6.45, 7) is 3.99. The first-order valence-corrected chi connectivity index (χ1v) is 9.36. The quantitative estimate of drug-likeness (QED) is 0.608. The van der Waals surface area contributed by atoms with E-state index in [4.69, 9.17) is 9.15 Å². The smallest absolute Gasteiger partial charge is 0.336 e. The van der Waals surface area contributed by atoms with Gasteiger partial charge in [-0.25, -0.2) is 4.79 Å². The Bertz CT molecular complexity index is 779. The van der Waals surface area contributed by atoms with E-state index in [0.717, 1.165) is 18.4 Å². The van der Waals surface area contributed by atoms with Crippen molar-refractivity contribution < 1.29 is 13.9 Å². The lowest BCUT2D eigenvalue weighted by Crippen LogP contribution is -2.33. The predicted molar refractivity (Wildman–Crippen MR) is 101 cm³/mol. The Morgan fingerprint density at radius 3 is 2.69 bits per heavy atom. The first kappa shape index (κ1) is 18.5. The standard InChI is InChI=1S/C20H26N2O4/c23-19(21-10-5-13-22-11-3-1-2-4-12-22)15-25-17-8-6-16-7-9-20(24)26-18(16)14-17/h6-9,14H,1-5,10-13,15H2,(H,21,23). The zero-order chi connectivity index (χ0) is 18.2. The third-order valence-corrected chi connectivity index (χ3v) is 4.64. The molecule has 1 amide bonds. The molecule has 1 fully saturated rings. The molecule has 0 radical (unpaired) electrons. The van der Waals surface area contributed by atoms with E-state index in [0.29, 0.717) is 17.9 Å². The van der Waals surface area contributed by atoms with Gasteiger partial charge in [-0.2, -0.15) is 0 Å². The van der Waals surface area contributed by atoms with Gasteiger partial charge in [-0.05, 0) is 57.1 Å². The number of benzene rings is 1. The summed E-state index contributed by atoms with van der Waals surface area (Å²) >= 11 is 0. The summed E-state index contributed by atoms with van der Waals surface area (Å²) in [6, 6.07) is 8.26. The molecule has 6 nitrogen and oxygen atoms in total. The summed E-state index contributed by atoms with van der Waals surface area (Å²) in [5.41, 5.74) is 0.0460. The number of nitrogens with zero attached hydrogens (tertiary/aromatic N) is 1. The molecule has 2 aromatic rings. The average molecular weight is 358 g/mol. The minimum Gasteiger partial charge on any atom is -0.484 e. The van der Waals surface area contributed by atoms with Crippen LogP contribution in [0, 0.1) is 0 Å². The van der Waals surface area contributed by atoms with Crippen molar-refractivity contribution >= 4 is 16.9 Å². The van der Waals surface area contributed by atoms with Gasteiger partial charge in [0.1, 0.15) is 11.3 Å². The van der Waals surface area contributed by atoms with Gasteiger partial charge >= 0.3 is 5.63 Å². The van der Waals surface area contributed by atoms with Crippen LogP contribution in [-0.2, 0) is 4.79 Å². The van der Waals surface area contributed by atoms with Gasteiger partial charge in [-0.1, -0.05) is 12.8 Å². The highest BCUT2D eigenvalue weighted by Crippen LogP contribution is 2.19. The molecule has 140 valence electrons. The van der Waals surface area contributed by atoms with Crippen LogP contribution in [0.25, 0.3) is 11.0 Å². The minimum atomic E-state index is -0.406. The zero-order valence-electron chi connectivity index (χ0n) is 15.0. The lowest BCUT2D eigenvalue weighted by atomic mass is 10.2. The van der Waals surface area contributed by atoms with E-state index in [9.17, 15) is 9.59 Å². The Morgan fingerprint density at radius 2 is 1.88 bits per heavy atom. The molecule has 1 saturated heterocycles. The number of nitrogens with one attached hydrogen (secondary N) is 1. The lowest BCUT2D eigenvalue weighted by Gasteiger charge is -2.19. The monoisotopic (exact) mass is 358 g/mol. The molecule has 1 aromatic carbocycles. The van der Waals surface area contributed by atoms with Crippen LogP contribution in [0.3, 0.4) is 0 Å². The van der Waals surface area contributed by atoms with Crippen molar-refractivity contribution in [1.82, 2.24) is 10.2 Å². The molecule has 1 aliphatic rings. The maximum absolute atomic E-state index is 11.9. The Morgan fingerprint density at radius 1 is 1.12 bits per heavy atom. The fraction of sp³-hybridized carbons (Fsp3) is 0.500. The zero-order valence-corrected chi connectivity index (χ0v) is 15.0. The molecule has 1 aromatic heterocycles. The maximum Gasteiger partial charge on any atom is 0.336 e. The van der Waals surface area contributed by atoms with Crippen molar-refractivity contribution in [3.63, 3.8) is 0 Å². The Labute approximate surface area is 153 Å². The highest BCUT2D eigenvalue weighted by molar-refractivity contribution is 5.79. The van der Waals surface area contributed by atoms with Crippen LogP contribution >= 0.6 is 0 Å². The highest BCUT2D eigenvalue weighted by Gasteiger charge is 2.09. The van der Waals surface area contributed by atoms with E-state index in [2.05, 4.69) is 10.2 Å². The SMILES string of the molecule is O=C(COc1ccc2ccc(=O)oc2c1)NCCCN1CCCCCC1. The number of fused-ring (bicyclic) bond motifs is 1.